The zero-order valence-corrected chi connectivity index (χ0v) is 15.8. The fourth-order valence-corrected chi connectivity index (χ4v) is 3.81. The zero-order valence-electron chi connectivity index (χ0n) is 15.8. The topological polar surface area (TPSA) is 69.7 Å². The molecule has 1 aliphatic carbocycles. The fraction of sp³-hybridized carbons (Fsp3) is 0.550. The highest BCUT2D eigenvalue weighted by molar-refractivity contribution is 6.35. The third kappa shape index (κ3) is 3.82. The van der Waals surface area contributed by atoms with Gasteiger partial charge in [0.05, 0.1) is 5.41 Å². The maximum absolute atomic E-state index is 13.3. The van der Waals surface area contributed by atoms with E-state index in [4.69, 9.17) is 0 Å². The number of hydrogen-bond acceptors (Lipinski definition) is 3. The number of amides is 3. The lowest BCUT2D eigenvalue weighted by atomic mass is 9.63. The Hall–Kier alpha value is -2.44. The lowest BCUT2D eigenvalue weighted by Gasteiger charge is -2.46. The molecule has 1 aromatic carbocycles. The second kappa shape index (κ2) is 7.66. The molecule has 0 unspecified atom stereocenters. The minimum absolute atomic E-state index is 0.0408. The molecule has 1 saturated heterocycles. The fourth-order valence-electron chi connectivity index (χ4n) is 3.81. The van der Waals surface area contributed by atoms with Gasteiger partial charge in [0.1, 0.15) is 5.82 Å². The van der Waals surface area contributed by atoms with Crippen LogP contribution in [0.1, 0.15) is 38.7 Å². The Morgan fingerprint density at radius 1 is 1.00 bits per heavy atom. The van der Waals surface area contributed by atoms with Gasteiger partial charge in [0.15, 0.2) is 0 Å². The Morgan fingerprint density at radius 3 is 2.04 bits per heavy atom. The number of nitrogens with zero attached hydrogens (tertiary/aromatic N) is 2. The maximum Gasteiger partial charge on any atom is 0.312 e. The van der Waals surface area contributed by atoms with Crippen molar-refractivity contribution in [3.05, 3.63) is 35.6 Å². The van der Waals surface area contributed by atoms with E-state index in [9.17, 15) is 18.8 Å². The van der Waals surface area contributed by atoms with E-state index in [2.05, 4.69) is 5.32 Å². The van der Waals surface area contributed by atoms with Gasteiger partial charge in [0, 0.05) is 32.2 Å². The van der Waals surface area contributed by atoms with Crippen LogP contribution in [0.15, 0.2) is 24.3 Å². The summed E-state index contributed by atoms with van der Waals surface area (Å²) in [5.41, 5.74) is 0.282. The normalized spacial score (nSPS) is 18.8. The molecule has 27 heavy (non-hydrogen) atoms. The third-order valence-electron chi connectivity index (χ3n) is 5.48. The molecule has 6 nitrogen and oxygen atoms in total. The quantitative estimate of drug-likeness (QED) is 0.813. The number of rotatable bonds is 3. The Balaban J connectivity index is 1.63. The van der Waals surface area contributed by atoms with Gasteiger partial charge in [-0.2, -0.15) is 0 Å². The van der Waals surface area contributed by atoms with Gasteiger partial charge in [-0.1, -0.05) is 18.6 Å². The van der Waals surface area contributed by atoms with Gasteiger partial charge in [-0.05, 0) is 44.4 Å². The van der Waals surface area contributed by atoms with Crippen molar-refractivity contribution in [1.29, 1.82) is 0 Å². The standard InChI is InChI=1S/C20H26FN3O3/c1-14(2)22-17(25)18(26)23-10-12-24(13-11-23)19(27)20(8-3-9-20)15-4-6-16(21)7-5-15/h4-7,14H,3,8-13H2,1-2H3,(H,22,25). The molecule has 0 atom stereocenters. The van der Waals surface area contributed by atoms with Crippen molar-refractivity contribution in [2.75, 3.05) is 26.2 Å². The molecule has 146 valence electrons. The van der Waals surface area contributed by atoms with E-state index in [1.165, 1.54) is 17.0 Å². The highest BCUT2D eigenvalue weighted by atomic mass is 19.1. The van der Waals surface area contributed by atoms with Crippen LogP contribution in [0.25, 0.3) is 0 Å². The van der Waals surface area contributed by atoms with E-state index in [0.29, 0.717) is 26.2 Å². The number of hydrogen-bond donors (Lipinski definition) is 1. The predicted molar refractivity (Wildman–Crippen MR) is 98.4 cm³/mol. The van der Waals surface area contributed by atoms with E-state index >= 15 is 0 Å². The Labute approximate surface area is 158 Å². The van der Waals surface area contributed by atoms with Crippen LogP contribution in [0.2, 0.25) is 0 Å². The van der Waals surface area contributed by atoms with E-state index in [1.54, 1.807) is 30.9 Å². The minimum atomic E-state index is -0.605. The molecule has 1 saturated carbocycles. The van der Waals surface area contributed by atoms with Crippen LogP contribution in [0.4, 0.5) is 4.39 Å². The van der Waals surface area contributed by atoms with Crippen LogP contribution in [0.3, 0.4) is 0 Å². The molecule has 2 fully saturated rings. The van der Waals surface area contributed by atoms with Crippen molar-refractivity contribution in [3.8, 4) is 0 Å². The molecule has 1 heterocycles. The summed E-state index contributed by atoms with van der Waals surface area (Å²) in [6.07, 6.45) is 2.48. The molecular formula is C20H26FN3O3. The highest BCUT2D eigenvalue weighted by Gasteiger charge is 2.48. The summed E-state index contributed by atoms with van der Waals surface area (Å²) in [6.45, 7) is 5.10. The Kier molecular flexibility index (Phi) is 5.48. The van der Waals surface area contributed by atoms with Crippen LogP contribution < -0.4 is 5.32 Å². The van der Waals surface area contributed by atoms with Crippen LogP contribution >= 0.6 is 0 Å². The van der Waals surface area contributed by atoms with Gasteiger partial charge in [-0.25, -0.2) is 4.39 Å². The first-order valence-electron chi connectivity index (χ1n) is 9.49. The summed E-state index contributed by atoms with van der Waals surface area (Å²) in [5, 5.41) is 2.60. The minimum Gasteiger partial charge on any atom is -0.346 e. The highest BCUT2D eigenvalue weighted by Crippen LogP contribution is 2.45. The van der Waals surface area contributed by atoms with Crippen LogP contribution in [0, 0.1) is 5.82 Å². The summed E-state index contributed by atoms with van der Waals surface area (Å²) in [6, 6.07) is 6.09. The molecular weight excluding hydrogens is 349 g/mol. The molecule has 2 aliphatic rings. The van der Waals surface area contributed by atoms with E-state index in [1.807, 2.05) is 0 Å². The molecule has 0 spiro atoms. The number of piperazine rings is 1. The number of carbonyl (C=O) groups excluding carboxylic acids is 3. The van der Waals surface area contributed by atoms with Crippen LogP contribution in [-0.4, -0.2) is 59.7 Å². The molecule has 0 radical (unpaired) electrons. The lowest BCUT2D eigenvalue weighted by Crippen LogP contribution is -2.58. The first kappa shape index (κ1) is 19.3. The smallest absolute Gasteiger partial charge is 0.312 e. The van der Waals surface area contributed by atoms with E-state index < -0.39 is 17.2 Å². The van der Waals surface area contributed by atoms with Crippen molar-refractivity contribution in [3.63, 3.8) is 0 Å². The molecule has 1 N–H and O–H groups in total. The molecule has 1 aliphatic heterocycles. The maximum atomic E-state index is 13.3. The van der Waals surface area contributed by atoms with E-state index in [0.717, 1.165) is 24.8 Å². The average Bonchev–Trinajstić information content (AvgIpc) is 2.61. The molecule has 3 rings (SSSR count). The molecule has 3 amide bonds. The van der Waals surface area contributed by atoms with Gasteiger partial charge >= 0.3 is 11.8 Å². The van der Waals surface area contributed by atoms with Gasteiger partial charge in [0.25, 0.3) is 0 Å². The van der Waals surface area contributed by atoms with Crippen LogP contribution in [-0.2, 0) is 19.8 Å². The van der Waals surface area contributed by atoms with E-state index in [-0.39, 0.29) is 17.8 Å². The number of nitrogens with one attached hydrogen (secondary N) is 1. The van der Waals surface area contributed by atoms with Crippen LogP contribution in [0.5, 0.6) is 0 Å². The van der Waals surface area contributed by atoms with Crippen molar-refractivity contribution >= 4 is 17.7 Å². The van der Waals surface area contributed by atoms with Crippen molar-refractivity contribution in [2.45, 2.75) is 44.6 Å². The SMILES string of the molecule is CC(C)NC(=O)C(=O)N1CCN(C(=O)C2(c3ccc(F)cc3)CCC2)CC1. The molecule has 1 aromatic rings. The number of benzene rings is 1. The molecule has 0 bridgehead atoms. The third-order valence-corrected chi connectivity index (χ3v) is 5.48. The second-order valence-electron chi connectivity index (χ2n) is 7.66. The Morgan fingerprint density at radius 2 is 1.56 bits per heavy atom. The van der Waals surface area contributed by atoms with Crippen molar-refractivity contribution in [1.82, 2.24) is 15.1 Å². The first-order valence-corrected chi connectivity index (χ1v) is 9.49. The lowest BCUT2D eigenvalue weighted by molar-refractivity contribution is -0.150. The summed E-state index contributed by atoms with van der Waals surface area (Å²) >= 11 is 0. The number of carbonyl (C=O) groups is 3. The first-order chi connectivity index (χ1) is 12.8. The summed E-state index contributed by atoms with van der Waals surface area (Å²) in [4.78, 5) is 40.5. The van der Waals surface area contributed by atoms with Gasteiger partial charge in [-0.3, -0.25) is 14.4 Å². The molecule has 0 aromatic heterocycles. The average molecular weight is 375 g/mol. The van der Waals surface area contributed by atoms with Gasteiger partial charge in [0.2, 0.25) is 5.91 Å². The number of halogens is 1. The summed E-state index contributed by atoms with van der Waals surface area (Å²) in [7, 11) is 0. The monoisotopic (exact) mass is 375 g/mol. The largest absolute Gasteiger partial charge is 0.346 e. The molecule has 7 heteroatoms. The summed E-state index contributed by atoms with van der Waals surface area (Å²) < 4.78 is 13.3. The van der Waals surface area contributed by atoms with Gasteiger partial charge in [-0.15, -0.1) is 0 Å². The van der Waals surface area contributed by atoms with Crippen molar-refractivity contribution in [2.24, 2.45) is 0 Å². The van der Waals surface area contributed by atoms with Gasteiger partial charge < -0.3 is 15.1 Å². The zero-order chi connectivity index (χ0) is 19.6. The Bertz CT molecular complexity index is 720. The second-order valence-corrected chi connectivity index (χ2v) is 7.66. The van der Waals surface area contributed by atoms with Crippen molar-refractivity contribution < 1.29 is 18.8 Å². The predicted octanol–water partition coefficient (Wildman–Crippen LogP) is 1.44. The summed E-state index contributed by atoms with van der Waals surface area (Å²) in [5.74, 6) is -1.43.